The summed E-state index contributed by atoms with van der Waals surface area (Å²) in [6.07, 6.45) is 2.65. The molecular formula is C19H19N3O2. The number of ether oxygens (including phenoxy) is 1. The van der Waals surface area contributed by atoms with Gasteiger partial charge in [0.1, 0.15) is 11.4 Å². The number of carbonyl (C=O) groups excluding carboxylic acids is 1. The smallest absolute Gasteiger partial charge is 0.270 e. The predicted octanol–water partition coefficient (Wildman–Crippen LogP) is 3.02. The first kappa shape index (κ1) is 14.8. The van der Waals surface area contributed by atoms with Gasteiger partial charge in [0.2, 0.25) is 0 Å². The number of hydrogen-bond donors (Lipinski definition) is 1. The minimum Gasteiger partial charge on any atom is -0.494 e. The highest BCUT2D eigenvalue weighted by molar-refractivity contribution is 5.94. The topological polar surface area (TPSA) is 55.6 Å². The Balaban J connectivity index is 1.43. The number of aromatic nitrogens is 2. The fourth-order valence-electron chi connectivity index (χ4n) is 3.06. The summed E-state index contributed by atoms with van der Waals surface area (Å²) in [7, 11) is 0. The number of benzene rings is 1. The lowest BCUT2D eigenvalue weighted by Crippen LogP contribution is -2.28. The molecule has 1 aliphatic carbocycles. The Morgan fingerprint density at radius 1 is 1.25 bits per heavy atom. The molecule has 5 nitrogen and oxygen atoms in total. The summed E-state index contributed by atoms with van der Waals surface area (Å²) < 4.78 is 7.13. The van der Waals surface area contributed by atoms with E-state index in [4.69, 9.17) is 4.74 Å². The standard InChI is InChI=1S/C19H19N3O2/c1-2-24-15-8-5-13(6-9-15)16-12-17(16)21-19(23)18-10-7-14-4-3-11-20-22(14)18/h3-11,16-17H,2,12H2,1H3,(H,21,23)/t16-,17+/m0/s1. The zero-order valence-electron chi connectivity index (χ0n) is 13.5. The molecule has 0 bridgehead atoms. The van der Waals surface area contributed by atoms with Crippen LogP contribution in [0.15, 0.2) is 54.7 Å². The van der Waals surface area contributed by atoms with E-state index in [-0.39, 0.29) is 11.9 Å². The van der Waals surface area contributed by atoms with E-state index in [2.05, 4.69) is 22.5 Å². The van der Waals surface area contributed by atoms with Gasteiger partial charge in [-0.2, -0.15) is 5.10 Å². The predicted molar refractivity (Wildman–Crippen MR) is 91.4 cm³/mol. The third kappa shape index (κ3) is 2.73. The molecule has 0 unspecified atom stereocenters. The molecule has 24 heavy (non-hydrogen) atoms. The lowest BCUT2D eigenvalue weighted by Gasteiger charge is -2.06. The first-order valence-corrected chi connectivity index (χ1v) is 8.22. The van der Waals surface area contributed by atoms with Crippen molar-refractivity contribution < 1.29 is 9.53 Å². The minimum absolute atomic E-state index is 0.0767. The summed E-state index contributed by atoms with van der Waals surface area (Å²) in [6.45, 7) is 2.64. The van der Waals surface area contributed by atoms with Crippen molar-refractivity contribution in [3.05, 3.63) is 66.0 Å². The van der Waals surface area contributed by atoms with E-state index >= 15 is 0 Å². The Kier molecular flexibility index (Phi) is 3.69. The number of nitrogens with zero attached hydrogens (tertiary/aromatic N) is 2. The number of rotatable bonds is 5. The first-order chi connectivity index (χ1) is 11.8. The number of carbonyl (C=O) groups is 1. The van der Waals surface area contributed by atoms with Crippen LogP contribution in [0.1, 0.15) is 35.3 Å². The van der Waals surface area contributed by atoms with Gasteiger partial charge >= 0.3 is 0 Å². The van der Waals surface area contributed by atoms with E-state index in [9.17, 15) is 4.79 Å². The van der Waals surface area contributed by atoms with Crippen molar-refractivity contribution >= 4 is 11.4 Å². The van der Waals surface area contributed by atoms with E-state index in [0.29, 0.717) is 18.2 Å². The van der Waals surface area contributed by atoms with E-state index in [1.165, 1.54) is 5.56 Å². The summed E-state index contributed by atoms with van der Waals surface area (Å²) in [5.74, 6) is 1.18. The van der Waals surface area contributed by atoms with Gasteiger partial charge in [0.05, 0.1) is 12.1 Å². The number of hydrogen-bond acceptors (Lipinski definition) is 3. The Morgan fingerprint density at radius 2 is 2.08 bits per heavy atom. The van der Waals surface area contributed by atoms with Crippen LogP contribution in [0.2, 0.25) is 0 Å². The van der Waals surface area contributed by atoms with Crippen LogP contribution in [0.25, 0.3) is 5.52 Å². The van der Waals surface area contributed by atoms with Crippen molar-refractivity contribution in [3.8, 4) is 5.75 Å². The van der Waals surface area contributed by atoms with Gasteiger partial charge in [0, 0.05) is 18.2 Å². The maximum absolute atomic E-state index is 12.5. The Bertz CT molecular complexity index is 870. The molecule has 1 N–H and O–H groups in total. The van der Waals surface area contributed by atoms with Crippen LogP contribution in [-0.4, -0.2) is 28.2 Å². The monoisotopic (exact) mass is 321 g/mol. The zero-order chi connectivity index (χ0) is 16.5. The Hall–Kier alpha value is -2.82. The second kappa shape index (κ2) is 6.00. The molecule has 1 saturated carbocycles. The highest BCUT2D eigenvalue weighted by atomic mass is 16.5. The molecule has 5 heteroatoms. The molecule has 0 saturated heterocycles. The number of fused-ring (bicyclic) bond motifs is 1. The molecule has 0 radical (unpaired) electrons. The van der Waals surface area contributed by atoms with Gasteiger partial charge in [-0.1, -0.05) is 12.1 Å². The van der Waals surface area contributed by atoms with Gasteiger partial charge in [-0.25, -0.2) is 4.52 Å². The van der Waals surface area contributed by atoms with Crippen LogP contribution in [0.3, 0.4) is 0 Å². The van der Waals surface area contributed by atoms with E-state index < -0.39 is 0 Å². The summed E-state index contributed by atoms with van der Waals surface area (Å²) in [4.78, 5) is 12.5. The molecule has 2 aromatic heterocycles. The van der Waals surface area contributed by atoms with Crippen molar-refractivity contribution in [2.45, 2.75) is 25.3 Å². The summed E-state index contributed by atoms with van der Waals surface area (Å²) in [5, 5.41) is 7.34. The molecule has 122 valence electrons. The number of amides is 1. The molecule has 1 amide bonds. The summed E-state index contributed by atoms with van der Waals surface area (Å²) >= 11 is 0. The van der Waals surface area contributed by atoms with E-state index in [1.54, 1.807) is 10.7 Å². The van der Waals surface area contributed by atoms with Crippen LogP contribution < -0.4 is 10.1 Å². The summed E-state index contributed by atoms with van der Waals surface area (Å²) in [5.41, 5.74) is 2.73. The Morgan fingerprint density at radius 3 is 2.88 bits per heavy atom. The van der Waals surface area contributed by atoms with Crippen molar-refractivity contribution in [2.75, 3.05) is 6.61 Å². The third-order valence-electron chi connectivity index (χ3n) is 4.38. The van der Waals surface area contributed by atoms with E-state index in [1.807, 2.05) is 43.3 Å². The molecule has 0 spiro atoms. The average molecular weight is 321 g/mol. The normalized spacial score (nSPS) is 19.2. The lowest BCUT2D eigenvalue weighted by molar-refractivity contribution is 0.0943. The van der Waals surface area contributed by atoms with Gasteiger partial charge in [0.25, 0.3) is 5.91 Å². The maximum Gasteiger partial charge on any atom is 0.270 e. The van der Waals surface area contributed by atoms with Crippen molar-refractivity contribution in [3.63, 3.8) is 0 Å². The van der Waals surface area contributed by atoms with Crippen molar-refractivity contribution in [2.24, 2.45) is 0 Å². The molecule has 2 heterocycles. The third-order valence-corrected chi connectivity index (χ3v) is 4.38. The van der Waals surface area contributed by atoms with Gasteiger partial charge < -0.3 is 10.1 Å². The van der Waals surface area contributed by atoms with Crippen LogP contribution in [0, 0.1) is 0 Å². The second-order valence-electron chi connectivity index (χ2n) is 6.00. The van der Waals surface area contributed by atoms with Crippen LogP contribution in [0.4, 0.5) is 0 Å². The molecule has 3 aromatic rings. The van der Waals surface area contributed by atoms with Gasteiger partial charge in [-0.15, -0.1) is 0 Å². The highest BCUT2D eigenvalue weighted by Crippen LogP contribution is 2.41. The second-order valence-corrected chi connectivity index (χ2v) is 6.00. The molecular weight excluding hydrogens is 302 g/mol. The number of nitrogens with one attached hydrogen (secondary N) is 1. The van der Waals surface area contributed by atoms with Crippen LogP contribution in [0.5, 0.6) is 5.75 Å². The van der Waals surface area contributed by atoms with Crippen LogP contribution in [-0.2, 0) is 0 Å². The fourth-order valence-corrected chi connectivity index (χ4v) is 3.06. The summed E-state index contributed by atoms with van der Waals surface area (Å²) in [6, 6.07) is 15.8. The zero-order valence-corrected chi connectivity index (χ0v) is 13.5. The quantitative estimate of drug-likeness (QED) is 0.786. The van der Waals surface area contributed by atoms with Gasteiger partial charge in [-0.3, -0.25) is 4.79 Å². The van der Waals surface area contributed by atoms with Crippen molar-refractivity contribution in [1.82, 2.24) is 14.9 Å². The molecule has 1 aliphatic rings. The SMILES string of the molecule is CCOc1ccc([C@@H]2C[C@H]2NC(=O)c2ccc3cccnn23)cc1. The maximum atomic E-state index is 12.5. The molecule has 1 fully saturated rings. The molecule has 2 atom stereocenters. The first-order valence-electron chi connectivity index (χ1n) is 8.22. The largest absolute Gasteiger partial charge is 0.494 e. The molecule has 4 rings (SSSR count). The fraction of sp³-hybridized carbons (Fsp3) is 0.263. The highest BCUT2D eigenvalue weighted by Gasteiger charge is 2.39. The Labute approximate surface area is 140 Å². The molecule has 0 aliphatic heterocycles. The van der Waals surface area contributed by atoms with Crippen LogP contribution >= 0.6 is 0 Å². The molecule has 1 aromatic carbocycles. The minimum atomic E-state index is -0.0767. The van der Waals surface area contributed by atoms with E-state index in [0.717, 1.165) is 17.7 Å². The lowest BCUT2D eigenvalue weighted by atomic mass is 10.1. The average Bonchev–Trinajstić information content (AvgIpc) is 3.22. The van der Waals surface area contributed by atoms with Gasteiger partial charge in [-0.05, 0) is 55.3 Å². The van der Waals surface area contributed by atoms with Gasteiger partial charge in [0.15, 0.2) is 0 Å². The van der Waals surface area contributed by atoms with Crippen molar-refractivity contribution in [1.29, 1.82) is 0 Å².